The summed E-state index contributed by atoms with van der Waals surface area (Å²) in [7, 11) is 1.87. The van der Waals surface area contributed by atoms with Gasteiger partial charge in [-0.05, 0) is 25.1 Å². The third kappa shape index (κ3) is 3.63. The Morgan fingerprint density at radius 1 is 1.22 bits per heavy atom. The van der Waals surface area contributed by atoms with E-state index in [2.05, 4.69) is 25.4 Å². The van der Waals surface area contributed by atoms with Gasteiger partial charge >= 0.3 is 5.97 Å². The molecule has 4 rings (SSSR count). The van der Waals surface area contributed by atoms with Crippen LogP contribution in [0.25, 0.3) is 22.2 Å². The number of ether oxygens (including phenoxy) is 1. The van der Waals surface area contributed by atoms with Crippen molar-refractivity contribution in [3.63, 3.8) is 0 Å². The van der Waals surface area contributed by atoms with Crippen molar-refractivity contribution in [2.45, 2.75) is 6.92 Å². The Balaban J connectivity index is 1.60. The van der Waals surface area contributed by atoms with Crippen molar-refractivity contribution in [1.82, 2.24) is 24.7 Å². The molecule has 0 bridgehead atoms. The first-order chi connectivity index (χ1) is 13.1. The molecule has 4 heterocycles. The standard InChI is InChI=1S/C18H16N6O2S/c1-3-26-17(25)15-10-27-18(22-15)23-16-5-4-13-14(21-16)6-11(7-19-13)12-8-20-24(2)9-12/h4-10H,3H2,1-2H3,(H,21,22,23). The van der Waals surface area contributed by atoms with Gasteiger partial charge in [-0.3, -0.25) is 9.67 Å². The lowest BCUT2D eigenvalue weighted by molar-refractivity contribution is 0.0520. The Labute approximate surface area is 158 Å². The second-order valence-electron chi connectivity index (χ2n) is 5.74. The highest BCUT2D eigenvalue weighted by molar-refractivity contribution is 7.14. The fourth-order valence-electron chi connectivity index (χ4n) is 2.54. The van der Waals surface area contributed by atoms with E-state index in [1.165, 1.54) is 11.3 Å². The van der Waals surface area contributed by atoms with E-state index in [1.807, 2.05) is 31.4 Å². The first kappa shape index (κ1) is 17.1. The van der Waals surface area contributed by atoms with E-state index in [0.717, 1.165) is 22.2 Å². The van der Waals surface area contributed by atoms with Crippen molar-refractivity contribution in [3.05, 3.63) is 47.9 Å². The lowest BCUT2D eigenvalue weighted by Crippen LogP contribution is -2.05. The molecule has 4 aromatic heterocycles. The molecule has 0 aliphatic rings. The van der Waals surface area contributed by atoms with Gasteiger partial charge < -0.3 is 10.1 Å². The zero-order valence-electron chi connectivity index (χ0n) is 14.7. The first-order valence-corrected chi connectivity index (χ1v) is 9.16. The van der Waals surface area contributed by atoms with Gasteiger partial charge in [-0.2, -0.15) is 5.10 Å². The number of hydrogen-bond acceptors (Lipinski definition) is 8. The summed E-state index contributed by atoms with van der Waals surface area (Å²) in [4.78, 5) is 25.0. The summed E-state index contributed by atoms with van der Waals surface area (Å²) >= 11 is 1.32. The smallest absolute Gasteiger partial charge is 0.357 e. The van der Waals surface area contributed by atoms with E-state index < -0.39 is 5.97 Å². The van der Waals surface area contributed by atoms with Crippen molar-refractivity contribution in [3.8, 4) is 11.1 Å². The molecule has 0 saturated heterocycles. The number of rotatable bonds is 5. The van der Waals surface area contributed by atoms with Crippen molar-refractivity contribution in [1.29, 1.82) is 0 Å². The topological polar surface area (TPSA) is 94.8 Å². The summed E-state index contributed by atoms with van der Waals surface area (Å²) < 4.78 is 6.70. The predicted molar refractivity (Wildman–Crippen MR) is 103 cm³/mol. The number of pyridine rings is 2. The molecular weight excluding hydrogens is 364 g/mol. The number of esters is 1. The van der Waals surface area contributed by atoms with Gasteiger partial charge in [-0.1, -0.05) is 0 Å². The number of aryl methyl sites for hydroxylation is 1. The predicted octanol–water partition coefficient (Wildman–Crippen LogP) is 3.41. The van der Waals surface area contributed by atoms with Crippen LogP contribution in [0.3, 0.4) is 0 Å². The fraction of sp³-hybridized carbons (Fsp3) is 0.167. The molecule has 8 nitrogen and oxygen atoms in total. The van der Waals surface area contributed by atoms with Crippen molar-refractivity contribution in [2.75, 3.05) is 11.9 Å². The van der Waals surface area contributed by atoms with Crippen LogP contribution in [0.2, 0.25) is 0 Å². The minimum Gasteiger partial charge on any atom is -0.461 e. The van der Waals surface area contributed by atoms with Crippen LogP contribution in [0.5, 0.6) is 0 Å². The second kappa shape index (κ2) is 7.12. The van der Waals surface area contributed by atoms with E-state index in [1.54, 1.807) is 29.4 Å². The number of carbonyl (C=O) groups excluding carboxylic acids is 1. The molecule has 0 radical (unpaired) electrons. The Bertz CT molecular complexity index is 1120. The van der Waals surface area contributed by atoms with Crippen LogP contribution in [0, 0.1) is 0 Å². The number of hydrogen-bond donors (Lipinski definition) is 1. The molecule has 0 aliphatic heterocycles. The Morgan fingerprint density at radius 2 is 2.11 bits per heavy atom. The van der Waals surface area contributed by atoms with Gasteiger partial charge in [0.15, 0.2) is 10.8 Å². The Kier molecular flexibility index (Phi) is 4.51. The molecule has 9 heteroatoms. The van der Waals surface area contributed by atoms with Gasteiger partial charge in [0.05, 0.1) is 23.8 Å². The molecule has 27 heavy (non-hydrogen) atoms. The van der Waals surface area contributed by atoms with E-state index in [-0.39, 0.29) is 5.69 Å². The van der Waals surface area contributed by atoms with Crippen LogP contribution in [0.4, 0.5) is 10.9 Å². The lowest BCUT2D eigenvalue weighted by Gasteiger charge is -2.05. The summed E-state index contributed by atoms with van der Waals surface area (Å²) in [6.45, 7) is 2.08. The third-order valence-corrected chi connectivity index (χ3v) is 4.56. The van der Waals surface area contributed by atoms with Crippen molar-refractivity contribution < 1.29 is 9.53 Å². The molecule has 0 amide bonds. The van der Waals surface area contributed by atoms with Crippen LogP contribution in [0.1, 0.15) is 17.4 Å². The monoisotopic (exact) mass is 380 g/mol. The van der Waals surface area contributed by atoms with Gasteiger partial charge in [0.1, 0.15) is 5.82 Å². The molecule has 0 aliphatic carbocycles. The quantitative estimate of drug-likeness (QED) is 0.530. The fourth-order valence-corrected chi connectivity index (χ4v) is 3.23. The summed E-state index contributed by atoms with van der Waals surface area (Å²) in [6, 6.07) is 5.68. The number of anilines is 2. The second-order valence-corrected chi connectivity index (χ2v) is 6.60. The van der Waals surface area contributed by atoms with Crippen LogP contribution < -0.4 is 5.32 Å². The summed E-state index contributed by atoms with van der Waals surface area (Å²) in [6.07, 6.45) is 5.52. The maximum absolute atomic E-state index is 11.7. The minimum atomic E-state index is -0.432. The molecule has 0 spiro atoms. The lowest BCUT2D eigenvalue weighted by atomic mass is 10.1. The maximum Gasteiger partial charge on any atom is 0.357 e. The maximum atomic E-state index is 11.7. The summed E-state index contributed by atoms with van der Waals surface area (Å²) in [5.74, 6) is 0.191. The van der Waals surface area contributed by atoms with Crippen molar-refractivity contribution in [2.24, 2.45) is 7.05 Å². The number of thiazole rings is 1. The molecular formula is C18H16N6O2S. The normalized spacial score (nSPS) is 10.9. The number of carbonyl (C=O) groups is 1. The van der Waals surface area contributed by atoms with Crippen LogP contribution in [-0.2, 0) is 11.8 Å². The first-order valence-electron chi connectivity index (χ1n) is 8.28. The molecule has 4 aromatic rings. The summed E-state index contributed by atoms with van der Waals surface area (Å²) in [5.41, 5.74) is 3.75. The molecule has 0 fully saturated rings. The average molecular weight is 380 g/mol. The average Bonchev–Trinajstić information content (AvgIpc) is 3.30. The van der Waals surface area contributed by atoms with Crippen LogP contribution in [0.15, 0.2) is 42.2 Å². The van der Waals surface area contributed by atoms with Crippen LogP contribution in [-0.4, -0.2) is 37.3 Å². The zero-order chi connectivity index (χ0) is 18.8. The highest BCUT2D eigenvalue weighted by Gasteiger charge is 2.12. The van der Waals surface area contributed by atoms with E-state index in [0.29, 0.717) is 17.6 Å². The molecule has 0 atom stereocenters. The number of nitrogens with zero attached hydrogens (tertiary/aromatic N) is 5. The Hall–Kier alpha value is -3.33. The van der Waals surface area contributed by atoms with Gasteiger partial charge in [0.2, 0.25) is 0 Å². The van der Waals surface area contributed by atoms with Crippen LogP contribution >= 0.6 is 11.3 Å². The van der Waals surface area contributed by atoms with E-state index in [9.17, 15) is 4.79 Å². The third-order valence-electron chi connectivity index (χ3n) is 3.80. The highest BCUT2D eigenvalue weighted by Crippen LogP contribution is 2.24. The van der Waals surface area contributed by atoms with E-state index in [4.69, 9.17) is 4.74 Å². The number of aromatic nitrogens is 5. The highest BCUT2D eigenvalue weighted by atomic mass is 32.1. The zero-order valence-corrected chi connectivity index (χ0v) is 15.5. The summed E-state index contributed by atoms with van der Waals surface area (Å²) in [5, 5.41) is 9.54. The number of nitrogens with one attached hydrogen (secondary N) is 1. The largest absolute Gasteiger partial charge is 0.461 e. The molecule has 136 valence electrons. The Morgan fingerprint density at radius 3 is 2.89 bits per heavy atom. The molecule has 0 saturated carbocycles. The van der Waals surface area contributed by atoms with Crippen molar-refractivity contribution >= 4 is 39.3 Å². The number of fused-ring (bicyclic) bond motifs is 1. The molecule has 0 unspecified atom stereocenters. The molecule has 1 N–H and O–H groups in total. The van der Waals surface area contributed by atoms with Gasteiger partial charge in [0.25, 0.3) is 0 Å². The van der Waals surface area contributed by atoms with Gasteiger partial charge in [0, 0.05) is 35.9 Å². The minimum absolute atomic E-state index is 0.283. The van der Waals surface area contributed by atoms with Gasteiger partial charge in [-0.25, -0.2) is 14.8 Å². The van der Waals surface area contributed by atoms with Gasteiger partial charge in [-0.15, -0.1) is 11.3 Å². The molecule has 0 aromatic carbocycles. The van der Waals surface area contributed by atoms with E-state index >= 15 is 0 Å². The SMILES string of the molecule is CCOC(=O)c1csc(Nc2ccc3ncc(-c4cnn(C)c4)cc3n2)n1.